The van der Waals surface area contributed by atoms with E-state index < -0.39 is 11.8 Å². The molecule has 3 rings (SSSR count). The van der Waals surface area contributed by atoms with Gasteiger partial charge in [-0.2, -0.15) is 0 Å². The Hall–Kier alpha value is -3.80. The Kier molecular flexibility index (Phi) is 5.69. The molecule has 0 spiro atoms. The number of benzene rings is 2. The summed E-state index contributed by atoms with van der Waals surface area (Å²) in [6.07, 6.45) is 3.09. The van der Waals surface area contributed by atoms with Gasteiger partial charge in [-0.25, -0.2) is 0 Å². The van der Waals surface area contributed by atoms with Crippen LogP contribution in [0.1, 0.15) is 21.7 Å². The molecule has 0 aliphatic heterocycles. The predicted molar refractivity (Wildman–Crippen MR) is 102 cm³/mol. The quantitative estimate of drug-likeness (QED) is 0.415. The monoisotopic (exact) mass is 362 g/mol. The van der Waals surface area contributed by atoms with Gasteiger partial charge in [0, 0.05) is 11.1 Å². The number of ether oxygens (including phenoxy) is 1. The molecule has 0 saturated heterocycles. The van der Waals surface area contributed by atoms with Gasteiger partial charge >= 0.3 is 5.91 Å². The Labute approximate surface area is 156 Å². The zero-order valence-electron chi connectivity index (χ0n) is 14.6. The van der Waals surface area contributed by atoms with Gasteiger partial charge in [0.15, 0.2) is 5.76 Å². The van der Waals surface area contributed by atoms with Gasteiger partial charge in [-0.05, 0) is 29.8 Å². The van der Waals surface area contributed by atoms with Crippen molar-refractivity contribution in [2.24, 2.45) is 0 Å². The van der Waals surface area contributed by atoms with Crippen LogP contribution in [0.5, 0.6) is 5.75 Å². The number of furan rings is 1. The summed E-state index contributed by atoms with van der Waals surface area (Å²) >= 11 is 0. The molecule has 1 heterocycles. The van der Waals surface area contributed by atoms with Crippen molar-refractivity contribution in [3.05, 3.63) is 89.9 Å². The molecule has 6 nitrogen and oxygen atoms in total. The van der Waals surface area contributed by atoms with Crippen molar-refractivity contribution >= 4 is 23.5 Å². The molecule has 0 atom stereocenters. The molecule has 0 radical (unpaired) electrons. The highest BCUT2D eigenvalue weighted by Crippen LogP contribution is 2.24. The lowest BCUT2D eigenvalue weighted by atomic mass is 10.0. The number of nitrogens with one attached hydrogen (secondary N) is 2. The number of carbonyl (C=O) groups excluding carboxylic acids is 2. The fourth-order valence-electron chi connectivity index (χ4n) is 2.49. The summed E-state index contributed by atoms with van der Waals surface area (Å²) in [6.45, 7) is 0. The minimum Gasteiger partial charge on any atom is -0.496 e. The van der Waals surface area contributed by atoms with Crippen molar-refractivity contribution in [1.29, 1.82) is 0 Å². The van der Waals surface area contributed by atoms with Gasteiger partial charge in [0.2, 0.25) is 0 Å². The maximum atomic E-state index is 12.8. The molecule has 1 aromatic heterocycles. The van der Waals surface area contributed by atoms with Crippen LogP contribution in [-0.4, -0.2) is 18.9 Å². The number of para-hydroxylation sites is 1. The molecule has 27 heavy (non-hydrogen) atoms. The number of hydrazine groups is 1. The lowest BCUT2D eigenvalue weighted by Crippen LogP contribution is -2.41. The number of carbonyl (C=O) groups is 2. The van der Waals surface area contributed by atoms with Crippen LogP contribution in [-0.2, 0) is 4.79 Å². The van der Waals surface area contributed by atoms with Gasteiger partial charge in [-0.3, -0.25) is 20.4 Å². The van der Waals surface area contributed by atoms with Crippen LogP contribution >= 0.6 is 0 Å². The molecule has 0 unspecified atom stereocenters. The van der Waals surface area contributed by atoms with Crippen molar-refractivity contribution in [3.8, 4) is 5.75 Å². The molecular weight excluding hydrogens is 344 g/mol. The van der Waals surface area contributed by atoms with E-state index in [1.165, 1.54) is 12.3 Å². The summed E-state index contributed by atoms with van der Waals surface area (Å²) in [7, 11) is 1.57. The van der Waals surface area contributed by atoms with Crippen molar-refractivity contribution < 1.29 is 18.7 Å². The largest absolute Gasteiger partial charge is 0.496 e. The SMILES string of the molecule is COc1ccccc1/C=C(/C(=O)NNC(=O)c1ccco1)c1ccccc1. The molecule has 2 amide bonds. The van der Waals surface area contributed by atoms with Crippen molar-refractivity contribution in [1.82, 2.24) is 10.9 Å². The normalized spacial score (nSPS) is 10.9. The highest BCUT2D eigenvalue weighted by molar-refractivity contribution is 6.24. The van der Waals surface area contributed by atoms with Crippen molar-refractivity contribution in [2.75, 3.05) is 7.11 Å². The summed E-state index contributed by atoms with van der Waals surface area (Å²) in [5.74, 6) is -0.270. The number of hydrogen-bond acceptors (Lipinski definition) is 4. The van der Waals surface area contributed by atoms with Crippen LogP contribution in [0, 0.1) is 0 Å². The Bertz CT molecular complexity index is 947. The second-order valence-electron chi connectivity index (χ2n) is 5.55. The molecule has 2 aromatic carbocycles. The highest BCUT2D eigenvalue weighted by Gasteiger charge is 2.15. The Morgan fingerprint density at radius 3 is 2.37 bits per heavy atom. The zero-order chi connectivity index (χ0) is 19.1. The van der Waals surface area contributed by atoms with E-state index in [1.807, 2.05) is 54.6 Å². The van der Waals surface area contributed by atoms with Gasteiger partial charge in [-0.1, -0.05) is 48.5 Å². The van der Waals surface area contributed by atoms with Crippen LogP contribution in [0.2, 0.25) is 0 Å². The fraction of sp³-hybridized carbons (Fsp3) is 0.0476. The predicted octanol–water partition coefficient (Wildman–Crippen LogP) is 3.29. The van der Waals surface area contributed by atoms with Crippen LogP contribution in [0.15, 0.2) is 77.4 Å². The van der Waals surface area contributed by atoms with Crippen LogP contribution < -0.4 is 15.6 Å². The first-order valence-corrected chi connectivity index (χ1v) is 8.23. The van der Waals surface area contributed by atoms with E-state index in [0.717, 1.165) is 5.56 Å². The number of hydrogen-bond donors (Lipinski definition) is 2. The maximum absolute atomic E-state index is 12.8. The van der Waals surface area contributed by atoms with E-state index in [4.69, 9.17) is 9.15 Å². The van der Waals surface area contributed by atoms with E-state index in [0.29, 0.717) is 16.9 Å². The van der Waals surface area contributed by atoms with E-state index in [1.54, 1.807) is 19.3 Å². The average Bonchev–Trinajstić information content (AvgIpc) is 3.26. The molecular formula is C21H18N2O4. The van der Waals surface area contributed by atoms with E-state index in [9.17, 15) is 9.59 Å². The van der Waals surface area contributed by atoms with Crippen LogP contribution in [0.4, 0.5) is 0 Å². The molecule has 0 fully saturated rings. The van der Waals surface area contributed by atoms with Crippen LogP contribution in [0.3, 0.4) is 0 Å². The molecule has 0 bridgehead atoms. The summed E-state index contributed by atoms with van der Waals surface area (Å²) in [6, 6.07) is 19.6. The Balaban J connectivity index is 1.87. The minimum absolute atomic E-state index is 0.102. The second-order valence-corrected chi connectivity index (χ2v) is 5.55. The van der Waals surface area contributed by atoms with Crippen molar-refractivity contribution in [3.63, 3.8) is 0 Å². The topological polar surface area (TPSA) is 80.6 Å². The molecule has 0 saturated carbocycles. The van der Waals surface area contributed by atoms with E-state index in [2.05, 4.69) is 10.9 Å². The summed E-state index contributed by atoms with van der Waals surface area (Å²) in [5, 5.41) is 0. The third-order valence-electron chi connectivity index (χ3n) is 3.80. The highest BCUT2D eigenvalue weighted by atomic mass is 16.5. The smallest absolute Gasteiger partial charge is 0.305 e. The summed E-state index contributed by atoms with van der Waals surface area (Å²) < 4.78 is 10.4. The molecule has 6 heteroatoms. The molecule has 0 aliphatic carbocycles. The second kappa shape index (κ2) is 8.53. The van der Waals surface area contributed by atoms with Gasteiger partial charge in [-0.15, -0.1) is 0 Å². The maximum Gasteiger partial charge on any atom is 0.305 e. The molecule has 3 aromatic rings. The average molecular weight is 362 g/mol. The van der Waals surface area contributed by atoms with Gasteiger partial charge in [0.05, 0.1) is 13.4 Å². The lowest BCUT2D eigenvalue weighted by Gasteiger charge is -2.11. The molecule has 136 valence electrons. The van der Waals surface area contributed by atoms with Gasteiger partial charge < -0.3 is 9.15 Å². The summed E-state index contributed by atoms with van der Waals surface area (Å²) in [5.41, 5.74) is 6.58. The Morgan fingerprint density at radius 1 is 0.926 bits per heavy atom. The first kappa shape index (κ1) is 18.0. The van der Waals surface area contributed by atoms with Gasteiger partial charge in [0.1, 0.15) is 5.75 Å². The third kappa shape index (κ3) is 4.43. The van der Waals surface area contributed by atoms with Crippen LogP contribution in [0.25, 0.3) is 11.6 Å². The van der Waals surface area contributed by atoms with Gasteiger partial charge in [0.25, 0.3) is 5.91 Å². The molecule has 0 aliphatic rings. The minimum atomic E-state index is -0.543. The first-order valence-electron chi connectivity index (χ1n) is 8.23. The first-order chi connectivity index (χ1) is 13.2. The lowest BCUT2D eigenvalue weighted by molar-refractivity contribution is -0.116. The standard InChI is InChI=1S/C21H18N2O4/c1-26-18-11-6-5-10-16(18)14-17(15-8-3-2-4-9-15)20(24)22-23-21(25)19-12-7-13-27-19/h2-14H,1H3,(H,22,24)(H,23,25)/b17-14+. The zero-order valence-corrected chi connectivity index (χ0v) is 14.6. The van der Waals surface area contributed by atoms with Crippen molar-refractivity contribution in [2.45, 2.75) is 0 Å². The van der Waals surface area contributed by atoms with E-state index >= 15 is 0 Å². The third-order valence-corrected chi connectivity index (χ3v) is 3.80. The Morgan fingerprint density at radius 2 is 1.67 bits per heavy atom. The van der Waals surface area contributed by atoms with E-state index in [-0.39, 0.29) is 5.76 Å². The molecule has 2 N–H and O–H groups in total. The summed E-state index contributed by atoms with van der Waals surface area (Å²) in [4.78, 5) is 24.7. The number of rotatable bonds is 5. The fourth-order valence-corrected chi connectivity index (χ4v) is 2.49. The number of methoxy groups -OCH3 is 1. The number of amides is 2.